The van der Waals surface area contributed by atoms with E-state index in [1.54, 1.807) is 23.9 Å². The summed E-state index contributed by atoms with van der Waals surface area (Å²) in [5.74, 6) is -0.473. The molecule has 3 N–H and O–H groups in total. The summed E-state index contributed by atoms with van der Waals surface area (Å²) in [5.41, 5.74) is 3.02. The van der Waals surface area contributed by atoms with E-state index in [0.29, 0.717) is 36.1 Å². The van der Waals surface area contributed by atoms with E-state index in [1.807, 2.05) is 13.8 Å². The fraction of sp³-hybridized carbons (Fsp3) is 0.458. The molecule has 0 radical (unpaired) electrons. The maximum atomic E-state index is 13.3. The highest BCUT2D eigenvalue weighted by Crippen LogP contribution is 2.41. The summed E-state index contributed by atoms with van der Waals surface area (Å²) in [4.78, 5) is 29.7. The number of nitrogens with one attached hydrogen (secondary N) is 2. The predicted molar refractivity (Wildman–Crippen MR) is 120 cm³/mol. The number of benzene rings is 1. The summed E-state index contributed by atoms with van der Waals surface area (Å²) < 4.78 is 14.9. The van der Waals surface area contributed by atoms with Gasteiger partial charge in [0.05, 0.1) is 17.9 Å². The molecule has 0 spiro atoms. The molecule has 1 amide bonds. The minimum absolute atomic E-state index is 0.109. The van der Waals surface area contributed by atoms with Gasteiger partial charge in [-0.05, 0) is 61.9 Å². The van der Waals surface area contributed by atoms with Crippen LogP contribution >= 0.6 is 0 Å². The van der Waals surface area contributed by atoms with Gasteiger partial charge in [0.15, 0.2) is 5.65 Å². The Labute approximate surface area is 185 Å². The molecule has 1 saturated carbocycles. The first kappa shape index (κ1) is 22.2. The number of halogens is 1. The van der Waals surface area contributed by atoms with Gasteiger partial charge in [0, 0.05) is 24.7 Å². The Morgan fingerprint density at radius 1 is 1.34 bits per heavy atom. The van der Waals surface area contributed by atoms with Gasteiger partial charge in [0.1, 0.15) is 5.82 Å². The maximum absolute atomic E-state index is 13.3. The normalized spacial score (nSPS) is 20.7. The van der Waals surface area contributed by atoms with Crippen molar-refractivity contribution in [1.82, 2.24) is 20.1 Å². The number of nitrogens with zero attached hydrogens (tertiary/aromatic N) is 2. The van der Waals surface area contributed by atoms with Crippen molar-refractivity contribution in [3.8, 4) is 0 Å². The first-order valence-electron chi connectivity index (χ1n) is 10.9. The molecule has 2 aromatic heterocycles. The zero-order valence-corrected chi connectivity index (χ0v) is 18.7. The molecule has 32 heavy (non-hydrogen) atoms. The molecule has 0 bridgehead atoms. The second kappa shape index (κ2) is 8.50. The van der Waals surface area contributed by atoms with Gasteiger partial charge in [0.25, 0.3) is 5.56 Å². The van der Waals surface area contributed by atoms with E-state index in [9.17, 15) is 19.1 Å². The number of aliphatic hydroxyl groups excluding tert-OH is 1. The minimum atomic E-state index is -0.530. The standard InChI is InChI=1S/C24H29FN4O3/c1-14-18(15(2)27-22-21(14)23(32)28-29(22)3)11-20(31)26-13-24(10-4-5-19(24)30)12-16-6-8-17(25)9-7-16/h6-9,19,30H,4-5,10-13H2,1-3H3,(H,26,31)(H,28,32)/t19-,24+/m0/s1. The zero-order chi connectivity index (χ0) is 23.0. The largest absolute Gasteiger partial charge is 0.392 e. The SMILES string of the molecule is Cc1nc2c(c(C)c1CC(=O)NC[C@]1(Cc3ccc(F)cc3)CCC[C@@H]1O)c(=O)[nH]n2C. The molecule has 3 aromatic rings. The van der Waals surface area contributed by atoms with Crippen LogP contribution in [-0.4, -0.2) is 38.4 Å². The lowest BCUT2D eigenvalue weighted by atomic mass is 9.78. The maximum Gasteiger partial charge on any atom is 0.273 e. The van der Waals surface area contributed by atoms with Gasteiger partial charge in [-0.2, -0.15) is 0 Å². The number of aromatic amines is 1. The molecule has 1 aliphatic carbocycles. The van der Waals surface area contributed by atoms with Crippen LogP contribution in [0.4, 0.5) is 4.39 Å². The number of aromatic nitrogens is 3. The van der Waals surface area contributed by atoms with Crippen LogP contribution in [-0.2, 0) is 24.7 Å². The Morgan fingerprint density at radius 2 is 2.06 bits per heavy atom. The molecule has 4 rings (SSSR count). The number of aliphatic hydroxyl groups is 1. The number of carbonyl (C=O) groups is 1. The van der Waals surface area contributed by atoms with Crippen molar-refractivity contribution in [2.75, 3.05) is 6.54 Å². The molecule has 1 fully saturated rings. The van der Waals surface area contributed by atoms with Crippen LogP contribution in [0.3, 0.4) is 0 Å². The van der Waals surface area contributed by atoms with E-state index in [2.05, 4.69) is 15.4 Å². The molecule has 170 valence electrons. The number of hydrogen-bond acceptors (Lipinski definition) is 4. The first-order valence-corrected chi connectivity index (χ1v) is 10.9. The van der Waals surface area contributed by atoms with Crippen LogP contribution in [0.1, 0.15) is 41.6 Å². The number of pyridine rings is 1. The van der Waals surface area contributed by atoms with E-state index in [1.165, 1.54) is 12.1 Å². The number of hydrogen-bond donors (Lipinski definition) is 3. The predicted octanol–water partition coefficient (Wildman–Crippen LogP) is 2.45. The second-order valence-electron chi connectivity index (χ2n) is 9.03. The van der Waals surface area contributed by atoms with Crippen molar-refractivity contribution in [2.24, 2.45) is 12.5 Å². The van der Waals surface area contributed by atoms with E-state index >= 15 is 0 Å². The molecule has 7 nitrogen and oxygen atoms in total. The molecule has 8 heteroatoms. The smallest absolute Gasteiger partial charge is 0.273 e. The average molecular weight is 441 g/mol. The molecule has 1 aromatic carbocycles. The number of aryl methyl sites for hydroxylation is 3. The van der Waals surface area contributed by atoms with Crippen LogP contribution in [0.5, 0.6) is 0 Å². The van der Waals surface area contributed by atoms with E-state index < -0.39 is 11.5 Å². The van der Waals surface area contributed by atoms with Gasteiger partial charge in [-0.25, -0.2) is 9.37 Å². The van der Waals surface area contributed by atoms with Crippen LogP contribution in [0.2, 0.25) is 0 Å². The van der Waals surface area contributed by atoms with Crippen molar-refractivity contribution in [3.05, 3.63) is 62.8 Å². The zero-order valence-electron chi connectivity index (χ0n) is 18.7. The van der Waals surface area contributed by atoms with Gasteiger partial charge in [-0.1, -0.05) is 18.6 Å². The third kappa shape index (κ3) is 4.07. The Kier molecular flexibility index (Phi) is 5.90. The summed E-state index contributed by atoms with van der Waals surface area (Å²) in [6, 6.07) is 6.30. The minimum Gasteiger partial charge on any atom is -0.392 e. The monoisotopic (exact) mass is 440 g/mol. The summed E-state index contributed by atoms with van der Waals surface area (Å²) in [6.45, 7) is 4.01. The van der Waals surface area contributed by atoms with Gasteiger partial charge < -0.3 is 10.4 Å². The lowest BCUT2D eigenvalue weighted by Gasteiger charge is -2.33. The van der Waals surface area contributed by atoms with E-state index in [-0.39, 0.29) is 23.7 Å². The van der Waals surface area contributed by atoms with Crippen LogP contribution < -0.4 is 10.9 Å². The molecule has 2 atom stereocenters. The van der Waals surface area contributed by atoms with Gasteiger partial charge in [-0.15, -0.1) is 0 Å². The Bertz CT molecular complexity index is 1210. The number of fused-ring (bicyclic) bond motifs is 1. The third-order valence-electron chi connectivity index (χ3n) is 6.88. The first-order chi connectivity index (χ1) is 15.2. The van der Waals surface area contributed by atoms with Crippen molar-refractivity contribution >= 4 is 16.9 Å². The molecule has 0 unspecified atom stereocenters. The van der Waals surface area contributed by atoms with Crippen LogP contribution in [0.25, 0.3) is 11.0 Å². The number of H-pyrrole nitrogens is 1. The van der Waals surface area contributed by atoms with Crippen molar-refractivity contribution in [3.63, 3.8) is 0 Å². The lowest BCUT2D eigenvalue weighted by molar-refractivity contribution is -0.121. The highest BCUT2D eigenvalue weighted by atomic mass is 19.1. The number of rotatable bonds is 6. The molecule has 1 aliphatic rings. The summed E-state index contributed by atoms with van der Waals surface area (Å²) in [6.07, 6.45) is 2.51. The highest BCUT2D eigenvalue weighted by molar-refractivity contribution is 5.84. The third-order valence-corrected chi connectivity index (χ3v) is 6.88. The summed E-state index contributed by atoms with van der Waals surface area (Å²) >= 11 is 0. The van der Waals surface area contributed by atoms with Crippen LogP contribution in [0, 0.1) is 25.1 Å². The summed E-state index contributed by atoms with van der Waals surface area (Å²) in [5, 5.41) is 16.9. The highest BCUT2D eigenvalue weighted by Gasteiger charge is 2.42. The fourth-order valence-electron chi connectivity index (χ4n) is 5.01. The summed E-state index contributed by atoms with van der Waals surface area (Å²) in [7, 11) is 1.73. The molecule has 0 saturated heterocycles. The fourth-order valence-corrected chi connectivity index (χ4v) is 5.01. The topological polar surface area (TPSA) is 100 Å². The number of amides is 1. The average Bonchev–Trinajstić information content (AvgIpc) is 3.24. The van der Waals surface area contributed by atoms with Crippen molar-refractivity contribution in [1.29, 1.82) is 0 Å². The molecule has 2 heterocycles. The quantitative estimate of drug-likeness (QED) is 0.548. The molecular formula is C24H29FN4O3. The second-order valence-corrected chi connectivity index (χ2v) is 9.03. The molecule has 0 aliphatic heterocycles. The Hall–Kier alpha value is -3.00. The Morgan fingerprint density at radius 3 is 2.72 bits per heavy atom. The van der Waals surface area contributed by atoms with Gasteiger partial charge >= 0.3 is 0 Å². The van der Waals surface area contributed by atoms with Crippen molar-refractivity contribution in [2.45, 2.75) is 52.1 Å². The number of carbonyl (C=O) groups excluding carboxylic acids is 1. The van der Waals surface area contributed by atoms with E-state index in [4.69, 9.17) is 0 Å². The van der Waals surface area contributed by atoms with Crippen molar-refractivity contribution < 1.29 is 14.3 Å². The van der Waals surface area contributed by atoms with E-state index in [0.717, 1.165) is 29.5 Å². The Balaban J connectivity index is 1.51. The van der Waals surface area contributed by atoms with Gasteiger partial charge in [0.2, 0.25) is 5.91 Å². The van der Waals surface area contributed by atoms with Crippen LogP contribution in [0.15, 0.2) is 29.1 Å². The van der Waals surface area contributed by atoms with Gasteiger partial charge in [-0.3, -0.25) is 19.4 Å². The lowest BCUT2D eigenvalue weighted by Crippen LogP contribution is -2.44. The molecular weight excluding hydrogens is 411 g/mol.